The Kier molecular flexibility index (Phi) is 4.86. The zero-order valence-corrected chi connectivity index (χ0v) is 15.5. The monoisotopic (exact) mass is 381 g/mol. The van der Waals surface area contributed by atoms with Gasteiger partial charge in [0.05, 0.1) is 23.8 Å². The number of nitrogens with two attached hydrogens (primary N) is 2. The number of ether oxygens (including phenoxy) is 1. The molecule has 0 spiro atoms. The molecule has 4 rings (SSSR count). The maximum atomic E-state index is 13.0. The Labute approximate surface area is 162 Å². The van der Waals surface area contributed by atoms with Gasteiger partial charge in [0.25, 0.3) is 5.91 Å². The van der Waals surface area contributed by atoms with Crippen LogP contribution in [-0.2, 0) is 9.53 Å². The van der Waals surface area contributed by atoms with Crippen molar-refractivity contribution in [1.82, 2.24) is 9.97 Å². The lowest BCUT2D eigenvalue weighted by Gasteiger charge is -2.34. The van der Waals surface area contributed by atoms with Crippen LogP contribution in [0.2, 0.25) is 0 Å². The summed E-state index contributed by atoms with van der Waals surface area (Å²) in [5, 5.41) is 10.8. The average molecular weight is 381 g/mol. The quantitative estimate of drug-likeness (QED) is 0.503. The number of anilines is 1. The molecule has 1 amide bonds. The summed E-state index contributed by atoms with van der Waals surface area (Å²) in [6.07, 6.45) is -2.86. The number of aromatic nitrogens is 2. The number of carbonyl (C=O) groups excluding carboxylic acids is 1. The minimum Gasteiger partial charge on any atom is -0.382 e. The molecule has 0 bridgehead atoms. The number of benzene rings is 2. The first-order valence-electron chi connectivity index (χ1n) is 9.12. The first-order chi connectivity index (χ1) is 13.4. The van der Waals surface area contributed by atoms with E-state index in [9.17, 15) is 9.90 Å². The molecule has 6 N–H and O–H groups in total. The van der Waals surface area contributed by atoms with Crippen molar-refractivity contribution in [2.24, 2.45) is 11.5 Å². The lowest BCUT2D eigenvalue weighted by Crippen LogP contribution is -2.50. The molecule has 1 aromatic heterocycles. The zero-order chi connectivity index (χ0) is 19.8. The van der Waals surface area contributed by atoms with Crippen LogP contribution in [0.15, 0.2) is 42.5 Å². The van der Waals surface area contributed by atoms with Crippen LogP contribution in [0.3, 0.4) is 0 Å². The van der Waals surface area contributed by atoms with Gasteiger partial charge in [0.2, 0.25) is 0 Å². The van der Waals surface area contributed by atoms with Gasteiger partial charge in [-0.15, -0.1) is 0 Å². The predicted octanol–water partition coefficient (Wildman–Crippen LogP) is 1.25. The second-order valence-corrected chi connectivity index (χ2v) is 6.99. The Morgan fingerprint density at radius 1 is 1.25 bits per heavy atom. The van der Waals surface area contributed by atoms with E-state index in [1.807, 2.05) is 31.2 Å². The SMILES string of the molecule is Cc1ccc(N2CCO[C@H]([C@@H](O)c3nc4ccc(C(N)N)cc4[nH]3)C2=O)cc1. The summed E-state index contributed by atoms with van der Waals surface area (Å²) in [5.74, 6) is -0.0328. The van der Waals surface area contributed by atoms with Gasteiger partial charge < -0.3 is 31.2 Å². The molecule has 3 aromatic rings. The van der Waals surface area contributed by atoms with E-state index < -0.39 is 18.4 Å². The van der Waals surface area contributed by atoms with Crippen LogP contribution >= 0.6 is 0 Å². The van der Waals surface area contributed by atoms with Gasteiger partial charge in [-0.1, -0.05) is 23.8 Å². The number of aliphatic hydroxyl groups excluding tert-OH is 1. The van der Waals surface area contributed by atoms with Gasteiger partial charge in [-0.05, 0) is 36.8 Å². The molecule has 0 aliphatic carbocycles. The summed E-state index contributed by atoms with van der Waals surface area (Å²) in [7, 11) is 0. The number of hydrogen-bond donors (Lipinski definition) is 4. The van der Waals surface area contributed by atoms with Gasteiger partial charge in [0, 0.05) is 12.2 Å². The average Bonchev–Trinajstić information content (AvgIpc) is 3.12. The van der Waals surface area contributed by atoms with Gasteiger partial charge in [0.15, 0.2) is 6.10 Å². The summed E-state index contributed by atoms with van der Waals surface area (Å²) in [6.45, 7) is 2.75. The number of nitrogens with zero attached hydrogens (tertiary/aromatic N) is 2. The Morgan fingerprint density at radius 2 is 2.00 bits per heavy atom. The molecule has 0 unspecified atom stereocenters. The van der Waals surface area contributed by atoms with E-state index in [1.54, 1.807) is 23.1 Å². The van der Waals surface area contributed by atoms with Crippen molar-refractivity contribution < 1.29 is 14.6 Å². The van der Waals surface area contributed by atoms with E-state index >= 15 is 0 Å². The minimum atomic E-state index is -1.22. The van der Waals surface area contributed by atoms with Crippen molar-refractivity contribution in [3.05, 3.63) is 59.4 Å². The van der Waals surface area contributed by atoms with Gasteiger partial charge in [0.1, 0.15) is 11.9 Å². The smallest absolute Gasteiger partial charge is 0.259 e. The topological polar surface area (TPSA) is 130 Å². The van der Waals surface area contributed by atoms with Crippen LogP contribution in [0, 0.1) is 6.92 Å². The molecule has 2 atom stereocenters. The van der Waals surface area contributed by atoms with Crippen LogP contribution in [-0.4, -0.2) is 40.2 Å². The van der Waals surface area contributed by atoms with Crippen LogP contribution in [0.5, 0.6) is 0 Å². The number of carbonyl (C=O) groups is 1. The second-order valence-electron chi connectivity index (χ2n) is 6.99. The molecule has 8 nitrogen and oxygen atoms in total. The Balaban J connectivity index is 1.59. The number of aliphatic hydroxyl groups is 1. The Hall–Kier alpha value is -2.78. The van der Waals surface area contributed by atoms with Crippen LogP contribution < -0.4 is 16.4 Å². The summed E-state index contributed by atoms with van der Waals surface area (Å²) in [6, 6.07) is 13.0. The molecule has 1 fully saturated rings. The number of hydrogen-bond acceptors (Lipinski definition) is 6. The molecule has 2 heterocycles. The summed E-state index contributed by atoms with van der Waals surface area (Å²) < 4.78 is 5.60. The highest BCUT2D eigenvalue weighted by atomic mass is 16.5. The van der Waals surface area contributed by atoms with Gasteiger partial charge in [-0.2, -0.15) is 0 Å². The lowest BCUT2D eigenvalue weighted by molar-refractivity contribution is -0.143. The van der Waals surface area contributed by atoms with Gasteiger partial charge in [-0.25, -0.2) is 4.98 Å². The molecule has 2 aromatic carbocycles. The number of aromatic amines is 1. The number of amides is 1. The highest BCUT2D eigenvalue weighted by Gasteiger charge is 2.38. The maximum Gasteiger partial charge on any atom is 0.259 e. The Morgan fingerprint density at radius 3 is 2.71 bits per heavy atom. The zero-order valence-electron chi connectivity index (χ0n) is 15.5. The number of rotatable bonds is 4. The van der Waals surface area contributed by atoms with Crippen molar-refractivity contribution in [2.45, 2.75) is 25.3 Å². The van der Waals surface area contributed by atoms with Crippen molar-refractivity contribution in [3.63, 3.8) is 0 Å². The second kappa shape index (κ2) is 7.33. The predicted molar refractivity (Wildman–Crippen MR) is 105 cm³/mol. The first-order valence-corrected chi connectivity index (χ1v) is 9.12. The van der Waals surface area contributed by atoms with Crippen LogP contribution in [0.25, 0.3) is 11.0 Å². The van der Waals surface area contributed by atoms with Crippen molar-refractivity contribution >= 4 is 22.6 Å². The molecule has 0 radical (unpaired) electrons. The van der Waals surface area contributed by atoms with E-state index in [2.05, 4.69) is 9.97 Å². The number of imidazole rings is 1. The van der Waals surface area contributed by atoms with Gasteiger partial charge in [-0.3, -0.25) is 4.79 Å². The summed E-state index contributed by atoms with van der Waals surface area (Å²) >= 11 is 0. The molecular formula is C20H23N5O3. The first kappa shape index (κ1) is 18.6. The molecular weight excluding hydrogens is 358 g/mol. The normalized spacial score (nSPS) is 18.8. The van der Waals surface area contributed by atoms with E-state index in [0.717, 1.165) is 16.8 Å². The molecule has 146 valence electrons. The third-order valence-corrected chi connectivity index (χ3v) is 4.94. The Bertz CT molecular complexity index is 999. The number of fused-ring (bicyclic) bond motifs is 1. The number of aryl methyl sites for hydroxylation is 1. The van der Waals surface area contributed by atoms with Crippen molar-refractivity contribution in [2.75, 3.05) is 18.1 Å². The fourth-order valence-corrected chi connectivity index (χ4v) is 3.35. The summed E-state index contributed by atoms with van der Waals surface area (Å²) in [4.78, 5) is 22.0. The molecule has 28 heavy (non-hydrogen) atoms. The maximum absolute atomic E-state index is 13.0. The summed E-state index contributed by atoms with van der Waals surface area (Å²) in [5.41, 5.74) is 15.4. The third-order valence-electron chi connectivity index (χ3n) is 4.94. The van der Waals surface area contributed by atoms with Crippen LogP contribution in [0.4, 0.5) is 5.69 Å². The molecule has 1 aliphatic heterocycles. The highest BCUT2D eigenvalue weighted by molar-refractivity contribution is 5.97. The number of morpholine rings is 1. The third kappa shape index (κ3) is 3.38. The fourth-order valence-electron chi connectivity index (χ4n) is 3.35. The largest absolute Gasteiger partial charge is 0.382 e. The van der Waals surface area contributed by atoms with Crippen molar-refractivity contribution in [1.29, 1.82) is 0 Å². The number of H-pyrrole nitrogens is 1. The van der Waals surface area contributed by atoms with E-state index in [1.165, 1.54) is 0 Å². The molecule has 1 saturated heterocycles. The lowest BCUT2D eigenvalue weighted by atomic mass is 10.1. The van der Waals surface area contributed by atoms with E-state index in [4.69, 9.17) is 16.2 Å². The van der Waals surface area contributed by atoms with Crippen LogP contribution in [0.1, 0.15) is 29.2 Å². The van der Waals surface area contributed by atoms with E-state index in [0.29, 0.717) is 24.2 Å². The minimum absolute atomic E-state index is 0.266. The molecule has 8 heteroatoms. The molecule has 1 aliphatic rings. The van der Waals surface area contributed by atoms with E-state index in [-0.39, 0.29) is 11.7 Å². The molecule has 0 saturated carbocycles. The highest BCUT2D eigenvalue weighted by Crippen LogP contribution is 2.27. The standard InChI is InChI=1S/C20H23N5O3/c1-11-2-5-13(6-3-11)25-8-9-28-17(20(25)27)16(26)19-23-14-7-4-12(18(21)22)10-15(14)24-19/h2-7,10,16-18,26H,8-9,21-22H2,1H3,(H,23,24)/t16-,17-/m1/s1. The van der Waals surface area contributed by atoms with Crippen molar-refractivity contribution in [3.8, 4) is 0 Å². The number of nitrogens with one attached hydrogen (secondary N) is 1. The van der Waals surface area contributed by atoms with Gasteiger partial charge >= 0.3 is 0 Å². The fraction of sp³-hybridized carbons (Fsp3) is 0.300.